The number of hydrogen-bond donors (Lipinski definition) is 0. The van der Waals surface area contributed by atoms with Crippen molar-refractivity contribution < 1.29 is 17.2 Å². The highest BCUT2D eigenvalue weighted by Gasteiger charge is 2.33. The van der Waals surface area contributed by atoms with Crippen molar-refractivity contribution in [1.82, 2.24) is 20.2 Å². The number of aromatic nitrogens is 4. The van der Waals surface area contributed by atoms with Crippen molar-refractivity contribution in [2.24, 2.45) is 0 Å². The maximum atomic E-state index is 14.9. The average molecular weight is 490 g/mol. The van der Waals surface area contributed by atoms with Gasteiger partial charge in [-0.05, 0) is 59.7 Å². The SMILES string of the molecule is C[C@H](c1ccccc1Cn1ncnn1)N(c1cc(F)ccc1F)S(=O)(=O)c1ccc(Cl)cc1. The molecule has 0 unspecified atom stereocenters. The topological polar surface area (TPSA) is 81.0 Å². The van der Waals surface area contributed by atoms with Gasteiger partial charge in [0.05, 0.1) is 23.2 Å². The van der Waals surface area contributed by atoms with Gasteiger partial charge in [0.2, 0.25) is 0 Å². The maximum absolute atomic E-state index is 14.9. The van der Waals surface area contributed by atoms with Crippen LogP contribution >= 0.6 is 11.6 Å². The van der Waals surface area contributed by atoms with Crippen LogP contribution in [0.15, 0.2) is 78.0 Å². The molecule has 0 fully saturated rings. The van der Waals surface area contributed by atoms with Crippen molar-refractivity contribution in [2.75, 3.05) is 4.31 Å². The molecule has 3 aromatic carbocycles. The number of anilines is 1. The summed E-state index contributed by atoms with van der Waals surface area (Å²) in [4.78, 5) is 1.23. The predicted octanol–water partition coefficient (Wildman–Crippen LogP) is 4.61. The lowest BCUT2D eigenvalue weighted by Crippen LogP contribution is -2.35. The van der Waals surface area contributed by atoms with Gasteiger partial charge in [-0.3, -0.25) is 4.31 Å². The Kier molecular flexibility index (Phi) is 6.39. The van der Waals surface area contributed by atoms with E-state index >= 15 is 0 Å². The molecule has 0 saturated heterocycles. The van der Waals surface area contributed by atoms with E-state index in [1.165, 1.54) is 35.4 Å². The van der Waals surface area contributed by atoms with Crippen molar-refractivity contribution >= 4 is 27.3 Å². The molecule has 0 N–H and O–H groups in total. The fraction of sp³-hybridized carbons (Fsp3) is 0.136. The predicted molar refractivity (Wildman–Crippen MR) is 119 cm³/mol. The lowest BCUT2D eigenvalue weighted by molar-refractivity contribution is 0.558. The Morgan fingerprint density at radius 1 is 1.06 bits per heavy atom. The molecular formula is C22H18ClF2N5O2S. The third kappa shape index (κ3) is 4.71. The molecule has 0 aliphatic carbocycles. The van der Waals surface area contributed by atoms with Crippen LogP contribution in [-0.4, -0.2) is 28.6 Å². The quantitative estimate of drug-likeness (QED) is 0.378. The second-order valence-electron chi connectivity index (χ2n) is 7.19. The molecule has 7 nitrogen and oxygen atoms in total. The minimum atomic E-state index is -4.32. The molecule has 0 spiro atoms. The van der Waals surface area contributed by atoms with E-state index in [9.17, 15) is 17.2 Å². The fourth-order valence-electron chi connectivity index (χ4n) is 3.55. The summed E-state index contributed by atoms with van der Waals surface area (Å²) in [6.07, 6.45) is 1.28. The van der Waals surface area contributed by atoms with Crippen LogP contribution in [0.2, 0.25) is 5.02 Å². The largest absolute Gasteiger partial charge is 0.264 e. The van der Waals surface area contributed by atoms with E-state index in [0.29, 0.717) is 16.1 Å². The summed E-state index contributed by atoms with van der Waals surface area (Å²) in [6, 6.07) is 14.3. The summed E-state index contributed by atoms with van der Waals surface area (Å²) in [7, 11) is -4.32. The first kappa shape index (κ1) is 22.8. The summed E-state index contributed by atoms with van der Waals surface area (Å²) in [5, 5.41) is 11.9. The molecule has 0 radical (unpaired) electrons. The van der Waals surface area contributed by atoms with E-state index in [1.807, 2.05) is 0 Å². The molecule has 1 atom stereocenters. The van der Waals surface area contributed by atoms with Crippen molar-refractivity contribution in [2.45, 2.75) is 24.4 Å². The molecule has 0 amide bonds. The van der Waals surface area contributed by atoms with Gasteiger partial charge in [0, 0.05) is 11.1 Å². The van der Waals surface area contributed by atoms with Gasteiger partial charge in [0.25, 0.3) is 10.0 Å². The van der Waals surface area contributed by atoms with Gasteiger partial charge in [-0.1, -0.05) is 35.9 Å². The van der Waals surface area contributed by atoms with E-state index in [-0.39, 0.29) is 11.4 Å². The molecule has 0 aliphatic rings. The number of nitrogens with zero attached hydrogens (tertiary/aromatic N) is 5. The molecule has 11 heteroatoms. The normalized spacial score (nSPS) is 12.5. The van der Waals surface area contributed by atoms with Crippen LogP contribution in [0.25, 0.3) is 0 Å². The maximum Gasteiger partial charge on any atom is 0.264 e. The molecule has 170 valence electrons. The van der Waals surface area contributed by atoms with E-state index in [4.69, 9.17) is 11.6 Å². The Morgan fingerprint density at radius 3 is 2.48 bits per heavy atom. The van der Waals surface area contributed by atoms with Crippen LogP contribution in [0.3, 0.4) is 0 Å². The van der Waals surface area contributed by atoms with Crippen molar-refractivity contribution in [3.8, 4) is 0 Å². The zero-order valence-corrected chi connectivity index (χ0v) is 18.9. The number of sulfonamides is 1. The molecule has 33 heavy (non-hydrogen) atoms. The van der Waals surface area contributed by atoms with Crippen molar-refractivity contribution in [3.63, 3.8) is 0 Å². The van der Waals surface area contributed by atoms with Gasteiger partial charge in [-0.25, -0.2) is 17.2 Å². The Morgan fingerprint density at radius 2 is 1.79 bits per heavy atom. The molecular weight excluding hydrogens is 472 g/mol. The first-order valence-electron chi connectivity index (χ1n) is 9.81. The number of halogens is 3. The minimum absolute atomic E-state index is 0.113. The monoisotopic (exact) mass is 489 g/mol. The van der Waals surface area contributed by atoms with E-state index in [0.717, 1.165) is 22.5 Å². The second kappa shape index (κ2) is 9.24. The Bertz CT molecular complexity index is 1370. The first-order chi connectivity index (χ1) is 15.8. The first-order valence-corrected chi connectivity index (χ1v) is 11.6. The zero-order chi connectivity index (χ0) is 23.6. The molecule has 4 rings (SSSR count). The highest BCUT2D eigenvalue weighted by Crippen LogP contribution is 2.36. The smallest absolute Gasteiger partial charge is 0.256 e. The molecule has 4 aromatic rings. The van der Waals surface area contributed by atoms with Crippen LogP contribution in [0.4, 0.5) is 14.5 Å². The fourth-order valence-corrected chi connectivity index (χ4v) is 5.31. The summed E-state index contributed by atoms with van der Waals surface area (Å²) < 4.78 is 57.3. The number of rotatable bonds is 7. The van der Waals surface area contributed by atoms with Gasteiger partial charge < -0.3 is 0 Å². The Balaban J connectivity index is 1.87. The summed E-state index contributed by atoms with van der Waals surface area (Å²) in [5.41, 5.74) is 0.846. The van der Waals surface area contributed by atoms with Crippen molar-refractivity contribution in [3.05, 3.63) is 101 Å². The number of hydrogen-bond acceptors (Lipinski definition) is 5. The van der Waals surface area contributed by atoms with E-state index < -0.39 is 33.4 Å². The molecule has 1 aromatic heterocycles. The van der Waals surface area contributed by atoms with Gasteiger partial charge in [-0.15, -0.1) is 10.2 Å². The third-order valence-corrected chi connectivity index (χ3v) is 7.23. The highest BCUT2D eigenvalue weighted by molar-refractivity contribution is 7.92. The Hall–Kier alpha value is -3.37. The second-order valence-corrected chi connectivity index (χ2v) is 9.44. The van der Waals surface area contributed by atoms with Crippen LogP contribution in [0, 0.1) is 11.6 Å². The van der Waals surface area contributed by atoms with E-state index in [1.54, 1.807) is 31.2 Å². The summed E-state index contributed by atoms with van der Waals surface area (Å²) in [5.74, 6) is -1.65. The van der Waals surface area contributed by atoms with Crippen LogP contribution in [0.5, 0.6) is 0 Å². The summed E-state index contributed by atoms with van der Waals surface area (Å²) >= 11 is 5.91. The van der Waals surface area contributed by atoms with Crippen LogP contribution in [-0.2, 0) is 16.6 Å². The van der Waals surface area contributed by atoms with Gasteiger partial charge in [-0.2, -0.15) is 4.80 Å². The number of benzene rings is 3. The van der Waals surface area contributed by atoms with Gasteiger partial charge >= 0.3 is 0 Å². The van der Waals surface area contributed by atoms with Crippen LogP contribution in [0.1, 0.15) is 24.1 Å². The Labute approximate surface area is 194 Å². The van der Waals surface area contributed by atoms with Gasteiger partial charge in [0.15, 0.2) is 6.33 Å². The third-order valence-electron chi connectivity index (χ3n) is 5.08. The average Bonchev–Trinajstić information content (AvgIpc) is 3.30. The molecule has 1 heterocycles. The molecule has 0 saturated carbocycles. The van der Waals surface area contributed by atoms with E-state index in [2.05, 4.69) is 15.4 Å². The van der Waals surface area contributed by atoms with Crippen molar-refractivity contribution in [1.29, 1.82) is 0 Å². The molecule has 0 bridgehead atoms. The highest BCUT2D eigenvalue weighted by atomic mass is 35.5. The lowest BCUT2D eigenvalue weighted by Gasteiger charge is -2.32. The standard InChI is InChI=1S/C22H18ClF2N5O2S/c1-15(20-5-3-2-4-16(20)13-29-27-14-26-28-29)30(22-12-18(24)8-11-21(22)25)33(31,32)19-9-6-17(23)7-10-19/h2-12,14-15H,13H2,1H3/t15-/m1/s1. The van der Waals surface area contributed by atoms with Gasteiger partial charge in [0.1, 0.15) is 11.6 Å². The summed E-state index contributed by atoms with van der Waals surface area (Å²) in [6.45, 7) is 1.81. The zero-order valence-electron chi connectivity index (χ0n) is 17.3. The minimum Gasteiger partial charge on any atom is -0.256 e. The number of tetrazole rings is 1. The van der Waals surface area contributed by atoms with Crippen LogP contribution < -0.4 is 4.31 Å². The molecule has 0 aliphatic heterocycles. The lowest BCUT2D eigenvalue weighted by atomic mass is 10.0.